The fourth-order valence-corrected chi connectivity index (χ4v) is 8.81. The minimum Gasteiger partial charge on any atom is -0.0795 e. The number of hydrogen-bond donors (Lipinski definition) is 0. The first kappa shape index (κ1) is 24.2. The first-order valence-electron chi connectivity index (χ1n) is 15.5. The Hall–Kier alpha value is -4.42. The Bertz CT molecular complexity index is 2030. The molecule has 2 atom stereocenters. The van der Waals surface area contributed by atoms with Crippen LogP contribution in [0.2, 0.25) is 0 Å². The van der Waals surface area contributed by atoms with Crippen molar-refractivity contribution < 1.29 is 0 Å². The average molecular weight is 539 g/mol. The van der Waals surface area contributed by atoms with Crippen LogP contribution in [-0.2, 0) is 0 Å². The van der Waals surface area contributed by atoms with Gasteiger partial charge in [0.2, 0.25) is 0 Å². The first-order chi connectivity index (χ1) is 20.5. The van der Waals surface area contributed by atoms with Gasteiger partial charge in [-0.05, 0) is 141 Å². The van der Waals surface area contributed by atoms with E-state index in [1.54, 1.807) is 0 Å². The second kappa shape index (κ2) is 8.55. The van der Waals surface area contributed by atoms with E-state index in [0.717, 1.165) is 12.8 Å². The van der Waals surface area contributed by atoms with Gasteiger partial charge < -0.3 is 0 Å². The Labute approximate surface area is 249 Å². The lowest BCUT2D eigenvalue weighted by Crippen LogP contribution is -2.23. The summed E-state index contributed by atoms with van der Waals surface area (Å²) in [6, 6.07) is 0. The highest BCUT2D eigenvalue weighted by atomic mass is 14.4. The fraction of sp³-hybridized carbons (Fsp3) is 0.190. The molecule has 2 unspecified atom stereocenters. The summed E-state index contributed by atoms with van der Waals surface area (Å²) < 4.78 is 0. The highest BCUT2D eigenvalue weighted by Crippen LogP contribution is 2.53. The molecule has 0 saturated carbocycles. The highest BCUT2D eigenvalue weighted by Gasteiger charge is 2.37. The Morgan fingerprint density at radius 1 is 0.524 bits per heavy atom. The zero-order valence-corrected chi connectivity index (χ0v) is 24.8. The summed E-state index contributed by atoms with van der Waals surface area (Å²) in [5.41, 5.74) is 25.9. The van der Waals surface area contributed by atoms with E-state index < -0.39 is 0 Å². The van der Waals surface area contributed by atoms with E-state index in [1.807, 2.05) is 0 Å². The Morgan fingerprint density at radius 3 is 2.07 bits per heavy atom. The molecule has 0 aliphatic heterocycles. The van der Waals surface area contributed by atoms with Crippen molar-refractivity contribution in [1.82, 2.24) is 0 Å². The maximum atomic E-state index is 2.51. The van der Waals surface area contributed by atoms with Gasteiger partial charge in [-0.2, -0.15) is 0 Å². The molecule has 1 aromatic rings. The fourth-order valence-electron chi connectivity index (χ4n) is 8.81. The largest absolute Gasteiger partial charge is 0.0795 e. The van der Waals surface area contributed by atoms with Gasteiger partial charge in [0.15, 0.2) is 0 Å². The Balaban J connectivity index is 1.25. The summed E-state index contributed by atoms with van der Waals surface area (Å²) in [5.74, 6) is 0.707. The minimum absolute atomic E-state index is 0.337. The number of hydrogen-bond acceptors (Lipinski definition) is 0. The molecule has 0 amide bonds. The van der Waals surface area contributed by atoms with E-state index in [9.17, 15) is 0 Å². The monoisotopic (exact) mass is 538 g/mol. The van der Waals surface area contributed by atoms with E-state index in [4.69, 9.17) is 0 Å². The summed E-state index contributed by atoms with van der Waals surface area (Å²) in [6.45, 7) is 9.41. The normalized spacial score (nSPS) is 25.5. The van der Waals surface area contributed by atoms with Gasteiger partial charge in [-0.1, -0.05) is 97.2 Å². The Morgan fingerprint density at radius 2 is 1.24 bits per heavy atom. The topological polar surface area (TPSA) is 0 Å². The minimum atomic E-state index is 0.337. The van der Waals surface area contributed by atoms with Crippen molar-refractivity contribution in [2.45, 2.75) is 40.5 Å². The van der Waals surface area contributed by atoms with Crippen molar-refractivity contribution in [2.75, 3.05) is 0 Å². The molecule has 0 heterocycles. The summed E-state index contributed by atoms with van der Waals surface area (Å²) in [7, 11) is 0. The van der Waals surface area contributed by atoms with Gasteiger partial charge >= 0.3 is 0 Å². The van der Waals surface area contributed by atoms with Gasteiger partial charge in [0.25, 0.3) is 0 Å². The molecule has 42 heavy (non-hydrogen) atoms. The van der Waals surface area contributed by atoms with E-state index in [-0.39, 0.29) is 0 Å². The number of rotatable bonds is 2. The van der Waals surface area contributed by atoms with Gasteiger partial charge in [-0.15, -0.1) is 0 Å². The summed E-state index contributed by atoms with van der Waals surface area (Å²) in [4.78, 5) is 0. The van der Waals surface area contributed by atoms with E-state index in [2.05, 4.69) is 125 Å². The van der Waals surface area contributed by atoms with Crippen LogP contribution in [0.1, 0.15) is 46.2 Å². The summed E-state index contributed by atoms with van der Waals surface area (Å²) in [5, 5.41) is 0. The van der Waals surface area contributed by atoms with Gasteiger partial charge in [0.05, 0.1) is 0 Å². The third-order valence-corrected chi connectivity index (χ3v) is 11.0. The molecule has 202 valence electrons. The Kier molecular flexibility index (Phi) is 4.93. The lowest BCUT2D eigenvalue weighted by Gasteiger charge is -2.38. The molecule has 0 aromatic heterocycles. The zero-order chi connectivity index (χ0) is 28.3. The molecule has 0 nitrogen and oxygen atoms in total. The molecule has 0 bridgehead atoms. The zero-order valence-electron chi connectivity index (χ0n) is 24.8. The molecular formula is C42H34. The van der Waals surface area contributed by atoms with Crippen LogP contribution < -0.4 is 0 Å². The van der Waals surface area contributed by atoms with Crippen LogP contribution in [0.15, 0.2) is 153 Å². The van der Waals surface area contributed by atoms with E-state index in [1.165, 1.54) is 100 Å². The molecule has 0 spiro atoms. The smallest absolute Gasteiger partial charge is 0.0354 e. The van der Waals surface area contributed by atoms with Crippen molar-refractivity contribution >= 4 is 11.1 Å². The van der Waals surface area contributed by atoms with Crippen molar-refractivity contribution in [1.29, 1.82) is 0 Å². The molecule has 8 aliphatic rings. The van der Waals surface area contributed by atoms with Crippen molar-refractivity contribution in [3.63, 3.8) is 0 Å². The van der Waals surface area contributed by atoms with Crippen molar-refractivity contribution in [3.8, 4) is 0 Å². The number of benzene rings is 1. The van der Waals surface area contributed by atoms with Gasteiger partial charge in [0, 0.05) is 11.8 Å². The second-order valence-electron chi connectivity index (χ2n) is 12.9. The molecule has 0 N–H and O–H groups in total. The molecule has 9 rings (SSSR count). The van der Waals surface area contributed by atoms with Crippen LogP contribution in [-0.4, -0.2) is 0 Å². The lowest BCUT2D eigenvalue weighted by atomic mass is 9.65. The molecule has 0 saturated heterocycles. The van der Waals surface area contributed by atoms with Crippen LogP contribution in [0.25, 0.3) is 11.1 Å². The lowest BCUT2D eigenvalue weighted by molar-refractivity contribution is 0.833. The third-order valence-electron chi connectivity index (χ3n) is 11.0. The summed E-state index contributed by atoms with van der Waals surface area (Å²) in [6.07, 6.45) is 39.7. The maximum Gasteiger partial charge on any atom is 0.0354 e. The molecule has 0 radical (unpaired) electrons. The van der Waals surface area contributed by atoms with Gasteiger partial charge in [-0.3, -0.25) is 0 Å². The standard InChI is InChI=1S/C42H34/c1-23-24(2)37(33-19-17-31-13-11-27-7-5-9-29-15-21-35(33)41(31)39(27)29)26(4)38(25(23)3)34-20-18-32-14-12-28-8-6-10-30-16-22-36(34)42(32)40(28)30/h5-7,9-16,18-22,39,42H,8,17H2,1-4H3. The average Bonchev–Trinajstić information content (AvgIpc) is 3.02. The maximum absolute atomic E-state index is 2.51. The summed E-state index contributed by atoms with van der Waals surface area (Å²) >= 11 is 0. The quantitative estimate of drug-likeness (QED) is 0.351. The van der Waals surface area contributed by atoms with Crippen molar-refractivity contribution in [2.24, 2.45) is 11.8 Å². The second-order valence-corrected chi connectivity index (χ2v) is 12.9. The van der Waals surface area contributed by atoms with Crippen LogP contribution in [0.3, 0.4) is 0 Å². The van der Waals surface area contributed by atoms with Crippen LogP contribution in [0.4, 0.5) is 0 Å². The van der Waals surface area contributed by atoms with Gasteiger partial charge in [-0.25, -0.2) is 0 Å². The van der Waals surface area contributed by atoms with Crippen molar-refractivity contribution in [3.05, 3.63) is 186 Å². The predicted molar refractivity (Wildman–Crippen MR) is 177 cm³/mol. The first-order valence-corrected chi connectivity index (χ1v) is 15.5. The third kappa shape index (κ3) is 3.08. The van der Waals surface area contributed by atoms with E-state index in [0.29, 0.717) is 11.8 Å². The molecule has 1 aromatic carbocycles. The molecular weight excluding hydrogens is 504 g/mol. The predicted octanol–water partition coefficient (Wildman–Crippen LogP) is 10.2. The van der Waals surface area contributed by atoms with E-state index >= 15 is 0 Å². The van der Waals surface area contributed by atoms with Crippen LogP contribution >= 0.6 is 0 Å². The highest BCUT2D eigenvalue weighted by molar-refractivity contribution is 5.95. The molecule has 0 fully saturated rings. The molecule has 8 aliphatic carbocycles. The van der Waals surface area contributed by atoms with Crippen LogP contribution in [0.5, 0.6) is 0 Å². The van der Waals surface area contributed by atoms with Gasteiger partial charge in [0.1, 0.15) is 0 Å². The van der Waals surface area contributed by atoms with Crippen LogP contribution in [0, 0.1) is 39.5 Å². The SMILES string of the molecule is Cc1c(C)c(C2=CCC3=CC=C4C=CC=C5C=CC2=C3C54)c(C)c(C2=C3C=CC4=C5C(=CC=C(C=C2)C35)CC=C4)c1C. The molecule has 0 heteroatoms. The number of allylic oxidation sites excluding steroid dienone is 28.